The minimum absolute atomic E-state index is 0. The summed E-state index contributed by atoms with van der Waals surface area (Å²) in [6.45, 7) is 4.89. The van der Waals surface area contributed by atoms with E-state index in [2.05, 4.69) is 68.0 Å². The summed E-state index contributed by atoms with van der Waals surface area (Å²) in [7, 11) is 0.0449. The van der Waals surface area contributed by atoms with Crippen LogP contribution in [0.3, 0.4) is 0 Å². The summed E-state index contributed by atoms with van der Waals surface area (Å²) in [6, 6.07) is 9.19. The number of hydrogen-bond acceptors (Lipinski definition) is 0. The maximum absolute atomic E-state index is 2.54. The van der Waals surface area contributed by atoms with Crippen molar-refractivity contribution in [2.45, 2.75) is 20.1 Å². The largest absolute Gasteiger partial charge is 1.00 e. The topological polar surface area (TPSA) is 0 Å². The Morgan fingerprint density at radius 2 is 1.75 bits per heavy atom. The van der Waals surface area contributed by atoms with Gasteiger partial charge in [0.2, 0.25) is 0 Å². The SMILES string of the molecule is CP(C)C1=Cc2ccccc2[CH]1[Zr+2][CH]1CCC2C=CC=CC21.[F-].[F-]. The molecule has 0 amide bonds. The smallest absolute Gasteiger partial charge is 1.00 e. The Kier molecular flexibility index (Phi) is 6.92. The Morgan fingerprint density at radius 3 is 2.54 bits per heavy atom. The predicted octanol–water partition coefficient (Wildman–Crippen LogP) is -0.145. The molecular formula is C20H23F2PZr. The molecule has 4 heteroatoms. The Bertz CT molecular complexity index is 665. The summed E-state index contributed by atoms with van der Waals surface area (Å²) in [4.78, 5) is 0. The van der Waals surface area contributed by atoms with Gasteiger partial charge in [0.25, 0.3) is 0 Å². The van der Waals surface area contributed by atoms with Gasteiger partial charge in [-0.25, -0.2) is 0 Å². The van der Waals surface area contributed by atoms with E-state index >= 15 is 0 Å². The van der Waals surface area contributed by atoms with Crippen molar-refractivity contribution in [3.8, 4) is 0 Å². The van der Waals surface area contributed by atoms with Crippen molar-refractivity contribution in [3.63, 3.8) is 0 Å². The Morgan fingerprint density at radius 1 is 1.00 bits per heavy atom. The molecule has 4 atom stereocenters. The molecule has 3 aliphatic carbocycles. The van der Waals surface area contributed by atoms with Crippen LogP contribution in [0.15, 0.2) is 53.9 Å². The molecule has 0 bridgehead atoms. The maximum Gasteiger partial charge on any atom is -1.00 e. The Labute approximate surface area is 156 Å². The van der Waals surface area contributed by atoms with Gasteiger partial charge in [-0.15, -0.1) is 0 Å². The average molecular weight is 424 g/mol. The number of hydrogen-bond donors (Lipinski definition) is 0. The van der Waals surface area contributed by atoms with Crippen molar-refractivity contribution >= 4 is 14.0 Å². The van der Waals surface area contributed by atoms with E-state index in [0.29, 0.717) is 0 Å². The fourth-order valence-electron chi connectivity index (χ4n) is 4.23. The van der Waals surface area contributed by atoms with Crippen molar-refractivity contribution in [2.75, 3.05) is 13.3 Å². The number of allylic oxidation sites excluding steroid dienone is 5. The van der Waals surface area contributed by atoms with Crippen LogP contribution in [-0.2, 0) is 23.2 Å². The molecule has 126 valence electrons. The fraction of sp³-hybridized carbons (Fsp3) is 0.400. The van der Waals surface area contributed by atoms with Gasteiger partial charge in [-0.3, -0.25) is 0 Å². The second kappa shape index (κ2) is 8.33. The zero-order chi connectivity index (χ0) is 15.1. The summed E-state index contributed by atoms with van der Waals surface area (Å²) in [5.41, 5.74) is 3.19. The first-order chi connectivity index (χ1) is 10.7. The van der Waals surface area contributed by atoms with Crippen LogP contribution in [-0.4, -0.2) is 13.3 Å². The van der Waals surface area contributed by atoms with E-state index in [1.54, 1.807) is 10.9 Å². The van der Waals surface area contributed by atoms with Crippen LogP contribution in [0, 0.1) is 11.8 Å². The number of benzene rings is 1. The third-order valence-electron chi connectivity index (χ3n) is 5.38. The molecule has 1 aromatic carbocycles. The van der Waals surface area contributed by atoms with Crippen LogP contribution in [0.5, 0.6) is 0 Å². The first kappa shape index (κ1) is 19.9. The molecule has 0 heterocycles. The van der Waals surface area contributed by atoms with Crippen LogP contribution in [0.25, 0.3) is 6.08 Å². The third-order valence-corrected chi connectivity index (χ3v) is 12.4. The van der Waals surface area contributed by atoms with Crippen LogP contribution < -0.4 is 9.41 Å². The number of rotatable bonds is 3. The molecule has 1 aromatic rings. The predicted molar refractivity (Wildman–Crippen MR) is 94.2 cm³/mol. The van der Waals surface area contributed by atoms with E-state index in [0.717, 1.165) is 19.1 Å². The molecule has 0 N–H and O–H groups in total. The van der Waals surface area contributed by atoms with Gasteiger partial charge in [0.15, 0.2) is 0 Å². The maximum atomic E-state index is 2.54. The molecule has 0 saturated heterocycles. The summed E-state index contributed by atoms with van der Waals surface area (Å²) in [5, 5.41) is 1.79. The van der Waals surface area contributed by atoms with Gasteiger partial charge >= 0.3 is 148 Å². The second-order valence-corrected chi connectivity index (χ2v) is 13.3. The molecule has 0 aliphatic heterocycles. The van der Waals surface area contributed by atoms with E-state index in [-0.39, 0.29) is 17.3 Å². The van der Waals surface area contributed by atoms with E-state index < -0.39 is 23.2 Å². The van der Waals surface area contributed by atoms with E-state index in [1.165, 1.54) is 18.4 Å². The second-order valence-electron chi connectivity index (χ2n) is 6.89. The Hall–Kier alpha value is -0.387. The minimum Gasteiger partial charge on any atom is -1.00 e. The monoisotopic (exact) mass is 422 g/mol. The molecular weight excluding hydrogens is 400 g/mol. The van der Waals surface area contributed by atoms with Gasteiger partial charge in [0, 0.05) is 0 Å². The molecule has 0 spiro atoms. The van der Waals surface area contributed by atoms with Crippen molar-refractivity contribution in [3.05, 3.63) is 65.0 Å². The molecule has 0 aromatic heterocycles. The minimum atomic E-state index is -0.471. The first-order valence-electron chi connectivity index (χ1n) is 8.33. The van der Waals surface area contributed by atoms with Gasteiger partial charge in [-0.05, 0) is 0 Å². The molecule has 1 saturated carbocycles. The number of fused-ring (bicyclic) bond motifs is 2. The van der Waals surface area contributed by atoms with Gasteiger partial charge in [-0.2, -0.15) is 0 Å². The third kappa shape index (κ3) is 3.58. The zero-order valence-corrected chi connectivity index (χ0v) is 17.5. The van der Waals surface area contributed by atoms with Gasteiger partial charge < -0.3 is 9.41 Å². The quantitative estimate of drug-likeness (QED) is 0.594. The van der Waals surface area contributed by atoms with Crippen LogP contribution in [0.4, 0.5) is 0 Å². The molecule has 4 rings (SSSR count). The normalized spacial score (nSPS) is 29.2. The van der Waals surface area contributed by atoms with Crippen LogP contribution in [0.1, 0.15) is 27.6 Å². The Balaban J connectivity index is 0.00000104. The summed E-state index contributed by atoms with van der Waals surface area (Å²) < 4.78 is 1.88. The zero-order valence-electron chi connectivity index (χ0n) is 14.1. The van der Waals surface area contributed by atoms with Gasteiger partial charge in [0.1, 0.15) is 0 Å². The average Bonchev–Trinajstić information content (AvgIpc) is 3.10. The van der Waals surface area contributed by atoms with Crippen molar-refractivity contribution < 1.29 is 32.6 Å². The first-order valence-corrected chi connectivity index (χ1v) is 13.4. The standard InChI is InChI=1S/C11H12P.C9H11.2FH.Zr/c1-12(2)11-7-9-5-3-4-6-10(9)8-11;1-2-5-9-7-3-6-8(9)4-1;;;/h3-8H,1-2H3;1-2,4-6,8-9H,3,7H2;2*1H;/q;;;;+2/p-2. The molecule has 4 unspecified atom stereocenters. The van der Waals surface area contributed by atoms with Crippen LogP contribution in [0.2, 0.25) is 3.63 Å². The number of halogens is 2. The molecule has 0 radical (unpaired) electrons. The van der Waals surface area contributed by atoms with E-state index in [9.17, 15) is 0 Å². The van der Waals surface area contributed by atoms with Gasteiger partial charge in [0.05, 0.1) is 0 Å². The summed E-state index contributed by atoms with van der Waals surface area (Å²) >= 11 is -0.471. The van der Waals surface area contributed by atoms with E-state index in [1.807, 2.05) is 0 Å². The molecule has 24 heavy (non-hydrogen) atoms. The summed E-state index contributed by atoms with van der Waals surface area (Å²) in [5.74, 6) is 1.72. The molecule has 3 aliphatic rings. The fourth-order valence-corrected chi connectivity index (χ4v) is 12.6. The van der Waals surface area contributed by atoms with Crippen LogP contribution >= 0.6 is 7.92 Å². The van der Waals surface area contributed by atoms with Gasteiger partial charge in [-0.1, -0.05) is 0 Å². The molecule has 1 fully saturated rings. The van der Waals surface area contributed by atoms with Crippen molar-refractivity contribution in [1.82, 2.24) is 0 Å². The van der Waals surface area contributed by atoms with Crippen molar-refractivity contribution in [2.24, 2.45) is 11.8 Å². The molecule has 0 nitrogen and oxygen atoms in total. The van der Waals surface area contributed by atoms with Crippen molar-refractivity contribution in [1.29, 1.82) is 0 Å². The summed E-state index contributed by atoms with van der Waals surface area (Å²) in [6.07, 6.45) is 15.0. The van der Waals surface area contributed by atoms with E-state index in [4.69, 9.17) is 0 Å².